The van der Waals surface area contributed by atoms with Crippen LogP contribution in [0.4, 0.5) is 0 Å². The van der Waals surface area contributed by atoms with Crippen molar-refractivity contribution in [1.82, 2.24) is 15.1 Å². The maximum absolute atomic E-state index is 5.87. The van der Waals surface area contributed by atoms with Gasteiger partial charge in [0, 0.05) is 23.8 Å². The van der Waals surface area contributed by atoms with Gasteiger partial charge in [0.1, 0.15) is 0 Å². The Balaban J connectivity index is 1.36. The molecule has 4 rings (SSSR count). The first-order valence-corrected chi connectivity index (χ1v) is 8.23. The van der Waals surface area contributed by atoms with Crippen molar-refractivity contribution in [3.8, 4) is 0 Å². The molecular formula is C18H23N3O. The molecule has 0 amide bonds. The molecule has 116 valence electrons. The summed E-state index contributed by atoms with van der Waals surface area (Å²) in [5.41, 5.74) is 2.74. The molecule has 4 heteroatoms. The van der Waals surface area contributed by atoms with Gasteiger partial charge in [0.15, 0.2) is 0 Å². The van der Waals surface area contributed by atoms with Crippen molar-refractivity contribution in [2.75, 3.05) is 6.61 Å². The van der Waals surface area contributed by atoms with Crippen molar-refractivity contribution in [2.45, 2.75) is 50.4 Å². The first kappa shape index (κ1) is 14.0. The summed E-state index contributed by atoms with van der Waals surface area (Å²) < 4.78 is 7.88. The third-order valence-corrected chi connectivity index (χ3v) is 4.94. The number of benzene rings is 1. The SMILES string of the molecule is c1ccc(Cn2cc(CNC34CCCC(C3)OC4)cn2)cc1. The van der Waals surface area contributed by atoms with E-state index in [1.54, 1.807) is 0 Å². The Morgan fingerprint density at radius 2 is 2.18 bits per heavy atom. The molecule has 1 aromatic carbocycles. The van der Waals surface area contributed by atoms with Gasteiger partial charge in [-0.15, -0.1) is 0 Å². The summed E-state index contributed by atoms with van der Waals surface area (Å²) in [5.74, 6) is 0. The number of rotatable bonds is 5. The highest BCUT2D eigenvalue weighted by Gasteiger charge is 2.42. The molecule has 1 aliphatic carbocycles. The molecule has 1 N–H and O–H groups in total. The molecule has 1 aliphatic heterocycles. The predicted octanol–water partition coefficient (Wildman–Crippen LogP) is 2.73. The smallest absolute Gasteiger partial charge is 0.0659 e. The largest absolute Gasteiger partial charge is 0.376 e. The van der Waals surface area contributed by atoms with Crippen LogP contribution in [0.3, 0.4) is 0 Å². The van der Waals surface area contributed by atoms with Crippen molar-refractivity contribution in [1.29, 1.82) is 0 Å². The quantitative estimate of drug-likeness (QED) is 0.922. The zero-order valence-corrected chi connectivity index (χ0v) is 12.9. The maximum Gasteiger partial charge on any atom is 0.0659 e. The number of hydrogen-bond donors (Lipinski definition) is 1. The normalized spacial score (nSPS) is 27.2. The van der Waals surface area contributed by atoms with Crippen LogP contribution in [-0.4, -0.2) is 28.0 Å². The minimum absolute atomic E-state index is 0.213. The number of ether oxygens (including phenoxy) is 1. The van der Waals surface area contributed by atoms with Gasteiger partial charge in [-0.2, -0.15) is 5.10 Å². The molecule has 0 radical (unpaired) electrons. The van der Waals surface area contributed by atoms with E-state index in [0.29, 0.717) is 6.10 Å². The molecule has 22 heavy (non-hydrogen) atoms. The van der Waals surface area contributed by atoms with Gasteiger partial charge >= 0.3 is 0 Å². The van der Waals surface area contributed by atoms with E-state index in [-0.39, 0.29) is 5.54 Å². The molecule has 2 aliphatic rings. The van der Waals surface area contributed by atoms with Gasteiger partial charge in [-0.25, -0.2) is 0 Å². The third-order valence-electron chi connectivity index (χ3n) is 4.94. The Bertz CT molecular complexity index is 620. The maximum atomic E-state index is 5.87. The van der Waals surface area contributed by atoms with Gasteiger partial charge in [0.25, 0.3) is 0 Å². The van der Waals surface area contributed by atoms with E-state index in [1.807, 2.05) is 16.9 Å². The highest BCUT2D eigenvalue weighted by atomic mass is 16.5. The lowest BCUT2D eigenvalue weighted by molar-refractivity contribution is 0.105. The summed E-state index contributed by atoms with van der Waals surface area (Å²) in [5, 5.41) is 8.22. The summed E-state index contributed by atoms with van der Waals surface area (Å²) in [7, 11) is 0. The number of aromatic nitrogens is 2. The van der Waals surface area contributed by atoms with Gasteiger partial charge in [0.05, 0.1) is 25.5 Å². The monoisotopic (exact) mass is 297 g/mol. The van der Waals surface area contributed by atoms with Crippen LogP contribution in [0, 0.1) is 0 Å². The van der Waals surface area contributed by atoms with Gasteiger partial charge < -0.3 is 10.1 Å². The first-order chi connectivity index (χ1) is 10.8. The molecule has 0 spiro atoms. The summed E-state index contributed by atoms with van der Waals surface area (Å²) in [6, 6.07) is 10.5. The van der Waals surface area contributed by atoms with E-state index < -0.39 is 0 Å². The zero-order valence-electron chi connectivity index (χ0n) is 12.9. The van der Waals surface area contributed by atoms with Crippen LogP contribution in [0.2, 0.25) is 0 Å². The Morgan fingerprint density at radius 1 is 1.27 bits per heavy atom. The second-order valence-electron chi connectivity index (χ2n) is 6.70. The molecule has 2 atom stereocenters. The molecule has 1 aromatic heterocycles. The number of hydrogen-bond acceptors (Lipinski definition) is 3. The third kappa shape index (κ3) is 2.94. The number of nitrogens with zero attached hydrogens (tertiary/aromatic N) is 2. The lowest BCUT2D eigenvalue weighted by atomic mass is 9.83. The molecule has 2 fully saturated rings. The van der Waals surface area contributed by atoms with Crippen molar-refractivity contribution >= 4 is 0 Å². The molecule has 1 saturated carbocycles. The van der Waals surface area contributed by atoms with Crippen LogP contribution in [0.25, 0.3) is 0 Å². The van der Waals surface area contributed by atoms with Crippen LogP contribution in [-0.2, 0) is 17.8 Å². The second kappa shape index (κ2) is 5.86. The highest BCUT2D eigenvalue weighted by molar-refractivity contribution is 5.15. The van der Waals surface area contributed by atoms with Crippen molar-refractivity contribution < 1.29 is 4.74 Å². The van der Waals surface area contributed by atoms with Gasteiger partial charge in [0.2, 0.25) is 0 Å². The summed E-state index contributed by atoms with van der Waals surface area (Å²) in [6.07, 6.45) is 9.54. The van der Waals surface area contributed by atoms with E-state index in [4.69, 9.17) is 4.74 Å². The van der Waals surface area contributed by atoms with Crippen LogP contribution in [0.15, 0.2) is 42.7 Å². The van der Waals surface area contributed by atoms with Crippen molar-refractivity contribution in [3.63, 3.8) is 0 Å². The lowest BCUT2D eigenvalue weighted by Gasteiger charge is -2.31. The Kier molecular flexibility index (Phi) is 3.72. The van der Waals surface area contributed by atoms with Crippen LogP contribution < -0.4 is 5.32 Å². The van der Waals surface area contributed by atoms with E-state index >= 15 is 0 Å². The fourth-order valence-corrected chi connectivity index (χ4v) is 3.71. The van der Waals surface area contributed by atoms with Crippen LogP contribution in [0.1, 0.15) is 36.8 Å². The molecule has 2 bridgehead atoms. The topological polar surface area (TPSA) is 39.1 Å². The Labute approximate surface area is 131 Å². The van der Waals surface area contributed by atoms with Crippen LogP contribution >= 0.6 is 0 Å². The fourth-order valence-electron chi connectivity index (χ4n) is 3.71. The summed E-state index contributed by atoms with van der Waals surface area (Å²) in [6.45, 7) is 2.58. The molecule has 4 nitrogen and oxygen atoms in total. The van der Waals surface area contributed by atoms with Gasteiger partial charge in [-0.05, 0) is 31.2 Å². The van der Waals surface area contributed by atoms with Gasteiger partial charge in [-0.3, -0.25) is 4.68 Å². The molecule has 2 heterocycles. The van der Waals surface area contributed by atoms with E-state index in [0.717, 1.165) is 19.7 Å². The molecule has 2 unspecified atom stereocenters. The Hall–Kier alpha value is -1.65. The molecular weight excluding hydrogens is 274 g/mol. The standard InChI is InChI=1S/C18H23N3O/c1-2-5-15(6-3-1)12-21-13-16(11-20-21)10-19-18-8-4-7-17(9-18)22-14-18/h1-3,5-6,11,13,17,19H,4,7-10,12,14H2. The zero-order chi connectivity index (χ0) is 14.8. The molecule has 1 saturated heterocycles. The van der Waals surface area contributed by atoms with Crippen molar-refractivity contribution in [3.05, 3.63) is 53.9 Å². The van der Waals surface area contributed by atoms with Gasteiger partial charge in [-0.1, -0.05) is 30.3 Å². The van der Waals surface area contributed by atoms with E-state index in [9.17, 15) is 0 Å². The highest BCUT2D eigenvalue weighted by Crippen LogP contribution is 2.36. The lowest BCUT2D eigenvalue weighted by Crippen LogP contribution is -2.46. The minimum atomic E-state index is 0.213. The minimum Gasteiger partial charge on any atom is -0.376 e. The van der Waals surface area contributed by atoms with E-state index in [2.05, 4.69) is 40.9 Å². The fraction of sp³-hybridized carbons (Fsp3) is 0.500. The van der Waals surface area contributed by atoms with Crippen molar-refractivity contribution in [2.24, 2.45) is 0 Å². The first-order valence-electron chi connectivity index (χ1n) is 8.23. The second-order valence-corrected chi connectivity index (χ2v) is 6.70. The van der Waals surface area contributed by atoms with Crippen LogP contribution in [0.5, 0.6) is 0 Å². The summed E-state index contributed by atoms with van der Waals surface area (Å²) in [4.78, 5) is 0. The average molecular weight is 297 g/mol. The molecule has 2 aromatic rings. The number of fused-ring (bicyclic) bond motifs is 2. The average Bonchev–Trinajstić information content (AvgIpc) is 3.11. The van der Waals surface area contributed by atoms with E-state index in [1.165, 1.54) is 36.8 Å². The summed E-state index contributed by atoms with van der Waals surface area (Å²) >= 11 is 0. The predicted molar refractivity (Wildman–Crippen MR) is 85.5 cm³/mol. The number of nitrogens with one attached hydrogen (secondary N) is 1. The Morgan fingerprint density at radius 3 is 3.09 bits per heavy atom.